The van der Waals surface area contributed by atoms with E-state index in [0.29, 0.717) is 12.0 Å². The van der Waals surface area contributed by atoms with E-state index in [9.17, 15) is 0 Å². The molecule has 3 nitrogen and oxygen atoms in total. The lowest BCUT2D eigenvalue weighted by Crippen LogP contribution is -2.41. The Balaban J connectivity index is 0.000000161. The van der Waals surface area contributed by atoms with Crippen LogP contribution in [0.15, 0.2) is 72.9 Å². The molecule has 1 N–H and O–H groups in total. The molecule has 4 rings (SSSR count). The Morgan fingerprint density at radius 1 is 1.00 bits per heavy atom. The number of hydrogen-bond acceptors (Lipinski definition) is 3. The second-order valence-electron chi connectivity index (χ2n) is 6.93. The number of aromatic nitrogens is 1. The van der Waals surface area contributed by atoms with Crippen LogP contribution in [-0.4, -0.2) is 30.8 Å². The number of pyridine rings is 1. The Labute approximate surface area is 172 Å². The van der Waals surface area contributed by atoms with Gasteiger partial charge in [0.2, 0.25) is 0 Å². The molecule has 146 valence electrons. The molecule has 0 bridgehead atoms. The van der Waals surface area contributed by atoms with Crippen LogP contribution in [0.5, 0.6) is 0 Å². The molecule has 4 heteroatoms. The van der Waals surface area contributed by atoms with Crippen molar-refractivity contribution in [3.8, 4) is 11.1 Å². The van der Waals surface area contributed by atoms with E-state index < -0.39 is 0 Å². The van der Waals surface area contributed by atoms with Gasteiger partial charge in [0, 0.05) is 47.0 Å². The van der Waals surface area contributed by atoms with Gasteiger partial charge in [-0.05, 0) is 24.6 Å². The zero-order valence-corrected chi connectivity index (χ0v) is 17.2. The summed E-state index contributed by atoms with van der Waals surface area (Å²) in [6, 6.07) is 22.3. The van der Waals surface area contributed by atoms with Crippen molar-refractivity contribution in [3.63, 3.8) is 0 Å². The summed E-state index contributed by atoms with van der Waals surface area (Å²) in [6.45, 7) is 7.00. The molecule has 1 aromatic heterocycles. The number of ether oxygens (including phenoxy) is 1. The molecular weight excluding hydrogens is 368 g/mol. The van der Waals surface area contributed by atoms with E-state index in [0.717, 1.165) is 41.5 Å². The lowest BCUT2D eigenvalue weighted by Gasteiger charge is -2.29. The molecule has 0 radical (unpaired) electrons. The predicted molar refractivity (Wildman–Crippen MR) is 117 cm³/mol. The maximum absolute atomic E-state index is 6.10. The fraction of sp³-hybridized carbons (Fsp3) is 0.292. The van der Waals surface area contributed by atoms with E-state index in [4.69, 9.17) is 16.3 Å². The van der Waals surface area contributed by atoms with Gasteiger partial charge in [-0.25, -0.2) is 0 Å². The van der Waals surface area contributed by atoms with Crippen molar-refractivity contribution in [3.05, 3.63) is 89.2 Å². The molecule has 0 amide bonds. The predicted octanol–water partition coefficient (Wildman–Crippen LogP) is 5.49. The summed E-state index contributed by atoms with van der Waals surface area (Å²) in [4.78, 5) is 4.24. The van der Waals surface area contributed by atoms with Gasteiger partial charge in [0.15, 0.2) is 0 Å². The van der Waals surface area contributed by atoms with Crippen LogP contribution < -0.4 is 5.32 Å². The van der Waals surface area contributed by atoms with E-state index in [1.54, 1.807) is 6.20 Å². The van der Waals surface area contributed by atoms with E-state index in [1.807, 2.05) is 43.3 Å². The smallest absolute Gasteiger partial charge is 0.0765 e. The molecule has 2 unspecified atom stereocenters. The molecule has 28 heavy (non-hydrogen) atoms. The summed E-state index contributed by atoms with van der Waals surface area (Å²) in [5.74, 6) is 0.476. The first-order chi connectivity index (χ1) is 13.7. The lowest BCUT2D eigenvalue weighted by atomic mass is 9.95. The summed E-state index contributed by atoms with van der Waals surface area (Å²) < 4.78 is 5.73. The third kappa shape index (κ3) is 5.41. The Kier molecular flexibility index (Phi) is 7.61. The molecule has 2 aromatic carbocycles. The van der Waals surface area contributed by atoms with Crippen molar-refractivity contribution in [1.29, 1.82) is 0 Å². The van der Waals surface area contributed by atoms with Crippen molar-refractivity contribution in [2.24, 2.45) is 0 Å². The zero-order valence-electron chi connectivity index (χ0n) is 16.4. The molecular formula is C24H27ClN2O. The highest BCUT2D eigenvalue weighted by Crippen LogP contribution is 2.28. The molecule has 1 aliphatic rings. The SMILES string of the molecule is CC(c1ccccc1)C1CNCCO1.Cc1ncccc1-c1ccccc1Cl. The van der Waals surface area contributed by atoms with Crippen LogP contribution in [0.25, 0.3) is 11.1 Å². The molecule has 0 aliphatic carbocycles. The van der Waals surface area contributed by atoms with Gasteiger partial charge in [-0.2, -0.15) is 0 Å². The molecule has 0 spiro atoms. The third-order valence-electron chi connectivity index (χ3n) is 5.01. The van der Waals surface area contributed by atoms with E-state index in [-0.39, 0.29) is 0 Å². The molecule has 3 aromatic rings. The van der Waals surface area contributed by atoms with Gasteiger partial charge in [-0.15, -0.1) is 0 Å². The number of halogens is 1. The van der Waals surface area contributed by atoms with Crippen LogP contribution in [0.2, 0.25) is 5.02 Å². The van der Waals surface area contributed by atoms with Crippen LogP contribution in [0.1, 0.15) is 24.1 Å². The van der Waals surface area contributed by atoms with E-state index >= 15 is 0 Å². The monoisotopic (exact) mass is 394 g/mol. The number of hydrogen-bond donors (Lipinski definition) is 1. The first-order valence-electron chi connectivity index (χ1n) is 9.70. The van der Waals surface area contributed by atoms with Crippen LogP contribution in [0, 0.1) is 6.92 Å². The molecule has 1 saturated heterocycles. The molecule has 2 heterocycles. The van der Waals surface area contributed by atoms with Gasteiger partial charge in [0.1, 0.15) is 0 Å². The van der Waals surface area contributed by atoms with Crippen molar-refractivity contribution in [1.82, 2.24) is 10.3 Å². The maximum atomic E-state index is 6.10. The minimum atomic E-state index is 0.325. The Bertz CT molecular complexity index is 820. The lowest BCUT2D eigenvalue weighted by molar-refractivity contribution is 0.0146. The first kappa shape index (κ1) is 20.5. The normalized spacial score (nSPS) is 17.3. The highest BCUT2D eigenvalue weighted by molar-refractivity contribution is 6.33. The van der Waals surface area contributed by atoms with Crippen molar-refractivity contribution in [2.75, 3.05) is 19.7 Å². The summed E-state index contributed by atoms with van der Waals surface area (Å²) >= 11 is 6.10. The topological polar surface area (TPSA) is 34.1 Å². The number of benzene rings is 2. The van der Waals surface area contributed by atoms with Gasteiger partial charge in [-0.3, -0.25) is 4.98 Å². The number of morpholine rings is 1. The van der Waals surface area contributed by atoms with Gasteiger partial charge in [0.05, 0.1) is 12.7 Å². The highest BCUT2D eigenvalue weighted by atomic mass is 35.5. The summed E-state index contributed by atoms with van der Waals surface area (Å²) in [7, 11) is 0. The summed E-state index contributed by atoms with van der Waals surface area (Å²) in [6.07, 6.45) is 2.11. The van der Waals surface area contributed by atoms with Crippen molar-refractivity contribution in [2.45, 2.75) is 25.9 Å². The number of aryl methyl sites for hydroxylation is 1. The Hall–Kier alpha value is -2.20. The fourth-order valence-corrected chi connectivity index (χ4v) is 3.56. The Morgan fingerprint density at radius 2 is 1.71 bits per heavy atom. The summed E-state index contributed by atoms with van der Waals surface area (Å²) in [5, 5.41) is 4.13. The van der Waals surface area contributed by atoms with Crippen molar-refractivity contribution >= 4 is 11.6 Å². The maximum Gasteiger partial charge on any atom is 0.0765 e. The van der Waals surface area contributed by atoms with Crippen molar-refractivity contribution < 1.29 is 4.74 Å². The number of nitrogens with zero attached hydrogens (tertiary/aromatic N) is 1. The largest absolute Gasteiger partial charge is 0.375 e. The van der Waals surface area contributed by atoms with Crippen LogP contribution >= 0.6 is 11.6 Å². The zero-order chi connectivity index (χ0) is 19.8. The average Bonchev–Trinajstić information content (AvgIpc) is 2.76. The van der Waals surface area contributed by atoms with E-state index in [1.165, 1.54) is 5.56 Å². The van der Waals surface area contributed by atoms with Crippen LogP contribution in [0.3, 0.4) is 0 Å². The fourth-order valence-electron chi connectivity index (χ4n) is 3.33. The van der Waals surface area contributed by atoms with Gasteiger partial charge >= 0.3 is 0 Å². The van der Waals surface area contributed by atoms with Crippen LogP contribution in [0.4, 0.5) is 0 Å². The number of rotatable bonds is 3. The molecule has 0 saturated carbocycles. The van der Waals surface area contributed by atoms with E-state index in [2.05, 4.69) is 47.6 Å². The van der Waals surface area contributed by atoms with Gasteiger partial charge in [0.25, 0.3) is 0 Å². The second-order valence-corrected chi connectivity index (χ2v) is 7.34. The minimum absolute atomic E-state index is 0.325. The minimum Gasteiger partial charge on any atom is -0.375 e. The summed E-state index contributed by atoms with van der Waals surface area (Å²) in [5.41, 5.74) is 4.50. The number of nitrogens with one attached hydrogen (secondary N) is 1. The molecule has 2 atom stereocenters. The second kappa shape index (κ2) is 10.4. The quantitative estimate of drug-likeness (QED) is 0.637. The van der Waals surface area contributed by atoms with Gasteiger partial charge in [-0.1, -0.05) is 73.1 Å². The van der Waals surface area contributed by atoms with Crippen LogP contribution in [-0.2, 0) is 4.74 Å². The first-order valence-corrected chi connectivity index (χ1v) is 10.1. The van der Waals surface area contributed by atoms with Gasteiger partial charge < -0.3 is 10.1 Å². The average molecular weight is 395 g/mol. The standard InChI is InChI=1S/C12H10ClN.C12H17NO/c1-9-10(6-4-8-14-9)11-5-2-3-7-12(11)13;1-10(11-5-3-2-4-6-11)12-9-13-7-8-14-12/h2-8H,1H3;2-6,10,12-13H,7-9H2,1H3. The Morgan fingerprint density at radius 3 is 2.39 bits per heavy atom. The molecule has 1 fully saturated rings. The highest BCUT2D eigenvalue weighted by Gasteiger charge is 2.21. The third-order valence-corrected chi connectivity index (χ3v) is 5.34. The molecule has 1 aliphatic heterocycles.